The van der Waals surface area contributed by atoms with Crippen LogP contribution in [0.5, 0.6) is 0 Å². The number of rotatable bonds is 33. The summed E-state index contributed by atoms with van der Waals surface area (Å²) in [4.78, 5) is 89.1. The molecule has 19 nitrogen and oxygen atoms in total. The smallest absolute Gasteiger partial charge is 0.326 e. The largest absolute Gasteiger partial charge is 0.481 e. The van der Waals surface area contributed by atoms with Crippen molar-refractivity contribution >= 4 is 57.4 Å². The van der Waals surface area contributed by atoms with Gasteiger partial charge < -0.3 is 50.4 Å². The molecule has 0 aliphatic heterocycles. The van der Waals surface area contributed by atoms with Crippen molar-refractivity contribution in [3.05, 3.63) is 0 Å². The summed E-state index contributed by atoms with van der Waals surface area (Å²) in [5, 5.41) is 29.4. The highest BCUT2D eigenvalue weighted by Gasteiger charge is 2.51. The fourth-order valence-electron chi connectivity index (χ4n) is 11.0. The van der Waals surface area contributed by atoms with E-state index >= 15 is 0 Å². The molecule has 0 aromatic rings. The molecule has 0 radical (unpaired) electrons. The van der Waals surface area contributed by atoms with E-state index in [1.165, 1.54) is 38.5 Å². The Hall–Kier alpha value is -3.43. The Morgan fingerprint density at radius 1 is 0.667 bits per heavy atom. The second kappa shape index (κ2) is 32.5. The number of unbranched alkanes of at least 4 members (excludes halogenated alkanes) is 1. The number of hydrogen-bond acceptors (Lipinski definition) is 12. The summed E-state index contributed by atoms with van der Waals surface area (Å²) in [6, 6.07) is -1.06. The molecule has 3 rings (SSSR count). The molecule has 5 amide bonds. The van der Waals surface area contributed by atoms with Gasteiger partial charge in [0, 0.05) is 38.9 Å². The lowest BCUT2D eigenvalue weighted by atomic mass is 9.57. The van der Waals surface area contributed by atoms with Crippen LogP contribution in [0, 0.1) is 40.4 Å². The zero-order valence-electron chi connectivity index (χ0n) is 41.7. The van der Waals surface area contributed by atoms with Gasteiger partial charge in [0.05, 0.1) is 51.1 Å². The first-order chi connectivity index (χ1) is 33.0. The van der Waals surface area contributed by atoms with Crippen molar-refractivity contribution in [1.82, 2.24) is 26.7 Å². The van der Waals surface area contributed by atoms with E-state index in [2.05, 4.69) is 70.4 Å². The van der Waals surface area contributed by atoms with Gasteiger partial charge in [-0.05, 0) is 117 Å². The molecule has 0 bridgehead atoms. The third-order valence-electron chi connectivity index (χ3n) is 14.9. The Bertz CT molecular complexity index is 1610. The molecule has 7 N–H and O–H groups in total. The van der Waals surface area contributed by atoms with Crippen molar-refractivity contribution in [2.24, 2.45) is 40.4 Å². The average Bonchev–Trinajstić information content (AvgIpc) is 3.66. The zero-order chi connectivity index (χ0) is 50.7. The van der Waals surface area contributed by atoms with Gasteiger partial charge in [0.1, 0.15) is 19.3 Å². The number of carboxylic acid groups (broad SMARTS) is 2. The standard InChI is InChI=1S/C49H84BrN5O14/c1-34-9-11-36-30-37(17-20-48(36,3)18-7-19-49(4)38(34)12-13-39(49)35(2)10-16-46(61)62)69-55-42(57)15-14-41(56)52-22-24-65-26-28-67-32-44(59)53-23-25-66-27-29-68-33-45(60)54-40(47(63)64)8-5-6-21-51-43(58)31-50/h34-40H,5-33H2,1-4H3,(H,51,58)(H,52,56)(H,53,59)(H,54,60)(H,55,57)(H,61,62)(H,63,64)/t34-,35+,36+,37-,38?,39+,40-,48-,49-/m0/s1. The number of hydrogen-bond donors (Lipinski definition) is 7. The van der Waals surface area contributed by atoms with Crippen LogP contribution in [0.25, 0.3) is 0 Å². The maximum absolute atomic E-state index is 12.6. The molecule has 3 aliphatic carbocycles. The lowest BCUT2D eigenvalue weighted by molar-refractivity contribution is -0.145. The Balaban J connectivity index is 1.15. The third kappa shape index (κ3) is 22.7. The van der Waals surface area contributed by atoms with Gasteiger partial charge in [-0.2, -0.15) is 0 Å². The maximum atomic E-state index is 12.6. The Morgan fingerprint density at radius 2 is 1.30 bits per heavy atom. The fraction of sp³-hybridized carbons (Fsp3) is 0.857. The number of halogens is 1. The number of aliphatic carboxylic acids is 2. The van der Waals surface area contributed by atoms with Gasteiger partial charge >= 0.3 is 11.9 Å². The minimum Gasteiger partial charge on any atom is -0.481 e. The highest BCUT2D eigenvalue weighted by Crippen LogP contribution is 2.59. The van der Waals surface area contributed by atoms with Crippen LogP contribution in [0.15, 0.2) is 0 Å². The van der Waals surface area contributed by atoms with E-state index in [4.69, 9.17) is 23.8 Å². The minimum atomic E-state index is -1.15. The predicted molar refractivity (Wildman–Crippen MR) is 260 cm³/mol. The molecule has 3 aliphatic rings. The summed E-state index contributed by atoms with van der Waals surface area (Å²) in [5.74, 6) is -0.736. The van der Waals surface area contributed by atoms with Gasteiger partial charge in [0.15, 0.2) is 0 Å². The number of fused-ring (bicyclic) bond motifs is 2. The number of carbonyl (C=O) groups excluding carboxylic acids is 5. The van der Waals surface area contributed by atoms with E-state index in [0.29, 0.717) is 49.0 Å². The molecule has 0 heterocycles. The molecule has 69 heavy (non-hydrogen) atoms. The van der Waals surface area contributed by atoms with Crippen LogP contribution in [0.3, 0.4) is 0 Å². The summed E-state index contributed by atoms with van der Waals surface area (Å²) in [7, 11) is 0. The molecule has 3 fully saturated rings. The van der Waals surface area contributed by atoms with Gasteiger partial charge in [-0.3, -0.25) is 33.6 Å². The van der Waals surface area contributed by atoms with E-state index in [1.54, 1.807) is 0 Å². The van der Waals surface area contributed by atoms with E-state index in [-0.39, 0.29) is 138 Å². The molecule has 396 valence electrons. The number of ether oxygens (including phenoxy) is 4. The monoisotopic (exact) mass is 1050 g/mol. The van der Waals surface area contributed by atoms with Crippen molar-refractivity contribution in [2.45, 2.75) is 149 Å². The van der Waals surface area contributed by atoms with Crippen molar-refractivity contribution in [3.63, 3.8) is 0 Å². The first-order valence-electron chi connectivity index (χ1n) is 25.3. The highest BCUT2D eigenvalue weighted by molar-refractivity contribution is 9.09. The van der Waals surface area contributed by atoms with Crippen LogP contribution in [0.1, 0.15) is 137 Å². The molecule has 9 atom stereocenters. The number of carbonyl (C=O) groups is 7. The highest BCUT2D eigenvalue weighted by atomic mass is 79.9. The second-order valence-corrected chi connectivity index (χ2v) is 20.5. The predicted octanol–water partition coefficient (Wildman–Crippen LogP) is 4.67. The molecule has 0 spiro atoms. The zero-order valence-corrected chi connectivity index (χ0v) is 43.3. The first-order valence-corrected chi connectivity index (χ1v) is 26.4. The van der Waals surface area contributed by atoms with E-state index in [9.17, 15) is 43.8 Å². The van der Waals surface area contributed by atoms with Crippen LogP contribution in [0.2, 0.25) is 0 Å². The number of alkyl halides is 1. The fourth-order valence-corrected chi connectivity index (χ4v) is 11.2. The number of hydroxylamine groups is 1. The SMILES string of the molecule is C[C@H](CCC(=O)O)[C@H]1CCC2[C@@H](C)CC[C@@H]3C[C@@H](ONC(=O)CCC(=O)NCCOCCOCC(=O)NCCOCCOCC(=O)N[C@@H](CCCCNC(=O)CBr)C(=O)O)CC[C@]3(C)CCC[C@@]21C. The molecule has 1 unspecified atom stereocenters. The summed E-state index contributed by atoms with van der Waals surface area (Å²) in [6.45, 7) is 11.2. The van der Waals surface area contributed by atoms with Gasteiger partial charge in [0.25, 0.3) is 0 Å². The number of carboxylic acids is 2. The van der Waals surface area contributed by atoms with Crippen molar-refractivity contribution in [3.8, 4) is 0 Å². The summed E-state index contributed by atoms with van der Waals surface area (Å²) >= 11 is 3.05. The van der Waals surface area contributed by atoms with Crippen LogP contribution < -0.4 is 26.7 Å². The quantitative estimate of drug-likeness (QED) is 0.0268. The van der Waals surface area contributed by atoms with Crippen LogP contribution in [-0.4, -0.2) is 142 Å². The molecular weight excluding hydrogens is 962 g/mol. The van der Waals surface area contributed by atoms with Crippen molar-refractivity contribution in [2.75, 3.05) is 77.8 Å². The van der Waals surface area contributed by atoms with Crippen LogP contribution in [-0.2, 0) is 57.3 Å². The van der Waals surface area contributed by atoms with Gasteiger partial charge in [-0.15, -0.1) is 0 Å². The Labute approximate surface area is 417 Å². The molecule has 0 aromatic heterocycles. The number of amides is 5. The van der Waals surface area contributed by atoms with Gasteiger partial charge in [-0.25, -0.2) is 10.3 Å². The Morgan fingerprint density at radius 3 is 1.97 bits per heavy atom. The maximum Gasteiger partial charge on any atom is 0.326 e. The van der Waals surface area contributed by atoms with Crippen molar-refractivity contribution < 1.29 is 67.6 Å². The summed E-state index contributed by atoms with van der Waals surface area (Å²) in [6.07, 6.45) is 13.4. The lowest BCUT2D eigenvalue weighted by Gasteiger charge is -2.48. The first kappa shape index (κ1) is 59.9. The molecular formula is C49H84BrN5O14. The third-order valence-corrected chi connectivity index (χ3v) is 15.4. The van der Waals surface area contributed by atoms with E-state index in [1.807, 2.05) is 0 Å². The topological polar surface area (TPSA) is 266 Å². The summed E-state index contributed by atoms with van der Waals surface area (Å²) < 4.78 is 21.4. The van der Waals surface area contributed by atoms with Gasteiger partial charge in [-0.1, -0.05) is 56.5 Å². The molecule has 3 saturated carbocycles. The summed E-state index contributed by atoms with van der Waals surface area (Å²) in [5.41, 5.74) is 3.10. The second-order valence-electron chi connectivity index (χ2n) is 20.0. The van der Waals surface area contributed by atoms with E-state index < -0.39 is 23.9 Å². The molecule has 20 heteroatoms. The van der Waals surface area contributed by atoms with Crippen molar-refractivity contribution in [1.29, 1.82) is 0 Å². The van der Waals surface area contributed by atoms with E-state index in [0.717, 1.165) is 32.1 Å². The Kier molecular flexibility index (Phi) is 28.2. The number of nitrogens with one attached hydrogen (secondary N) is 5. The normalized spacial score (nSPS) is 25.5. The van der Waals surface area contributed by atoms with Crippen LogP contribution in [0.4, 0.5) is 0 Å². The minimum absolute atomic E-state index is 0.00755. The average molecular weight is 1050 g/mol. The lowest BCUT2D eigenvalue weighted by Crippen LogP contribution is -2.42. The molecule has 0 aromatic carbocycles. The van der Waals surface area contributed by atoms with Crippen LogP contribution >= 0.6 is 15.9 Å². The molecule has 0 saturated heterocycles. The van der Waals surface area contributed by atoms with Gasteiger partial charge in [0.2, 0.25) is 29.5 Å².